The molecule has 1 saturated carbocycles. The van der Waals surface area contributed by atoms with Gasteiger partial charge in [-0.2, -0.15) is 0 Å². The molecule has 1 unspecified atom stereocenters. The van der Waals surface area contributed by atoms with Gasteiger partial charge in [0.05, 0.1) is 24.3 Å². The summed E-state index contributed by atoms with van der Waals surface area (Å²) in [6.07, 6.45) is 5.66. The molecule has 1 aliphatic carbocycles. The molecule has 5 atom stereocenters. The van der Waals surface area contributed by atoms with Gasteiger partial charge < -0.3 is 25.6 Å². The predicted molar refractivity (Wildman–Crippen MR) is 120 cm³/mol. The van der Waals surface area contributed by atoms with Crippen molar-refractivity contribution in [2.75, 3.05) is 6.54 Å². The number of aliphatic hydroxyl groups excluding tert-OH is 2. The zero-order valence-corrected chi connectivity index (χ0v) is 19.1. The third kappa shape index (κ3) is 5.45. The summed E-state index contributed by atoms with van der Waals surface area (Å²) in [5, 5.41) is 27.2. The van der Waals surface area contributed by atoms with Crippen LogP contribution in [0, 0.1) is 5.41 Å². The minimum absolute atomic E-state index is 0.0944. The van der Waals surface area contributed by atoms with Crippen LogP contribution in [0.15, 0.2) is 24.9 Å². The van der Waals surface area contributed by atoms with Gasteiger partial charge in [-0.1, -0.05) is 26.8 Å². The highest BCUT2D eigenvalue weighted by Crippen LogP contribution is 2.45. The van der Waals surface area contributed by atoms with Crippen molar-refractivity contribution in [3.63, 3.8) is 0 Å². The lowest BCUT2D eigenvalue weighted by atomic mass is 9.67. The van der Waals surface area contributed by atoms with E-state index in [9.17, 15) is 15.0 Å². The first-order valence-corrected chi connectivity index (χ1v) is 11.2. The maximum Gasteiger partial charge on any atom is 0.217 e. The Morgan fingerprint density at radius 1 is 1.48 bits per heavy atom. The Labute approximate surface area is 185 Å². The second-order valence-electron chi connectivity index (χ2n) is 10.2. The lowest BCUT2D eigenvalue weighted by Gasteiger charge is -2.55. The molecule has 1 spiro atoms. The van der Waals surface area contributed by atoms with Crippen LogP contribution in [0.4, 0.5) is 0 Å². The molecule has 1 amide bonds. The second-order valence-corrected chi connectivity index (χ2v) is 10.2. The van der Waals surface area contributed by atoms with Gasteiger partial charge in [0.25, 0.3) is 0 Å². The summed E-state index contributed by atoms with van der Waals surface area (Å²) in [6.45, 7) is 12.0. The molecular formula is C24H37N3O4. The Hall–Kier alpha value is -1.96. The topological polar surface area (TPSA) is 104 Å². The van der Waals surface area contributed by atoms with Gasteiger partial charge in [0.1, 0.15) is 0 Å². The number of rotatable bonds is 8. The molecule has 31 heavy (non-hydrogen) atoms. The number of nitrogens with zero attached hydrogens (tertiary/aromatic N) is 1. The summed E-state index contributed by atoms with van der Waals surface area (Å²) in [6, 6.07) is 1.67. The van der Waals surface area contributed by atoms with Crippen molar-refractivity contribution in [3.8, 4) is 5.88 Å². The van der Waals surface area contributed by atoms with Gasteiger partial charge in [-0.3, -0.25) is 4.79 Å². The third-order valence-electron chi connectivity index (χ3n) is 6.25. The molecule has 3 rings (SSSR count). The summed E-state index contributed by atoms with van der Waals surface area (Å²) in [5.74, 6) is 0.406. The molecule has 0 radical (unpaired) electrons. The zero-order valence-electron chi connectivity index (χ0n) is 19.1. The van der Waals surface area contributed by atoms with Crippen molar-refractivity contribution in [2.24, 2.45) is 5.41 Å². The van der Waals surface area contributed by atoms with Crippen LogP contribution in [-0.4, -0.2) is 57.5 Å². The van der Waals surface area contributed by atoms with Gasteiger partial charge in [-0.05, 0) is 49.1 Å². The fraction of sp³-hybridized carbons (Fsp3) is 0.667. The maximum atomic E-state index is 11.4. The normalized spacial score (nSPS) is 26.9. The van der Waals surface area contributed by atoms with E-state index in [1.807, 2.05) is 6.20 Å². The standard InChI is InChI=1S/C24H37N3O4/c1-6-7-18(27-15(2)28)19(29)14-25-20-11-21(30)24(20)9-8-17-10-16(12-23(3,4)5)13-26-22(17)31-24/h6,10,13,18-21,25,29-30H,1,7-9,11-12,14H2,2-5H3,(H,27,28)/t18-,19+,20?,21+,24+/m0/s1. The summed E-state index contributed by atoms with van der Waals surface area (Å²) in [4.78, 5) is 16.0. The SMILES string of the molecule is C=CC[C@H](NC(C)=O)[C@H](O)CNC1C[C@@H](O)[C@@]12CCc1cc(CC(C)(C)C)cnc1O2. The molecule has 0 saturated heterocycles. The number of hydrogen-bond acceptors (Lipinski definition) is 6. The molecule has 1 aromatic heterocycles. The molecule has 2 heterocycles. The average molecular weight is 432 g/mol. The van der Waals surface area contributed by atoms with E-state index in [4.69, 9.17) is 4.74 Å². The highest BCUT2D eigenvalue weighted by molar-refractivity contribution is 5.73. The molecule has 1 fully saturated rings. The van der Waals surface area contributed by atoms with Crippen LogP contribution in [0.3, 0.4) is 0 Å². The Morgan fingerprint density at radius 3 is 2.84 bits per heavy atom. The number of hydrogen-bond donors (Lipinski definition) is 4. The van der Waals surface area contributed by atoms with Crippen LogP contribution in [0.2, 0.25) is 0 Å². The lowest BCUT2D eigenvalue weighted by Crippen LogP contribution is -2.73. The Morgan fingerprint density at radius 2 is 2.23 bits per heavy atom. The third-order valence-corrected chi connectivity index (χ3v) is 6.25. The molecule has 0 bridgehead atoms. The average Bonchev–Trinajstić information content (AvgIpc) is 2.68. The minimum Gasteiger partial charge on any atom is -0.466 e. The quantitative estimate of drug-likeness (QED) is 0.469. The fourth-order valence-corrected chi connectivity index (χ4v) is 4.68. The number of nitrogens with one attached hydrogen (secondary N) is 2. The van der Waals surface area contributed by atoms with Crippen molar-refractivity contribution < 1.29 is 19.7 Å². The number of pyridine rings is 1. The second kappa shape index (κ2) is 9.27. The highest BCUT2D eigenvalue weighted by atomic mass is 16.5. The van der Waals surface area contributed by atoms with Crippen molar-refractivity contribution in [2.45, 2.75) is 89.7 Å². The molecule has 4 N–H and O–H groups in total. The lowest BCUT2D eigenvalue weighted by molar-refractivity contribution is -0.164. The van der Waals surface area contributed by atoms with Crippen molar-refractivity contribution in [1.29, 1.82) is 0 Å². The summed E-state index contributed by atoms with van der Waals surface area (Å²) in [5.41, 5.74) is 1.74. The van der Waals surface area contributed by atoms with Crippen molar-refractivity contribution in [1.82, 2.24) is 15.6 Å². The first kappa shape index (κ1) is 23.7. The van der Waals surface area contributed by atoms with Gasteiger partial charge >= 0.3 is 0 Å². The van der Waals surface area contributed by atoms with Gasteiger partial charge in [-0.25, -0.2) is 4.98 Å². The highest BCUT2D eigenvalue weighted by Gasteiger charge is 2.58. The number of carbonyl (C=O) groups excluding carboxylic acids is 1. The Bertz CT molecular complexity index is 807. The smallest absolute Gasteiger partial charge is 0.217 e. The molecule has 7 nitrogen and oxygen atoms in total. The van der Waals surface area contributed by atoms with E-state index < -0.39 is 23.9 Å². The van der Waals surface area contributed by atoms with Crippen molar-refractivity contribution in [3.05, 3.63) is 36.0 Å². The largest absolute Gasteiger partial charge is 0.466 e. The van der Waals surface area contributed by atoms with Crippen LogP contribution < -0.4 is 15.4 Å². The van der Waals surface area contributed by atoms with Gasteiger partial charge in [0.2, 0.25) is 11.8 Å². The van der Waals surface area contributed by atoms with Gasteiger partial charge in [0.15, 0.2) is 5.60 Å². The van der Waals surface area contributed by atoms with E-state index in [2.05, 4.69) is 49.0 Å². The van der Waals surface area contributed by atoms with Crippen LogP contribution in [0.1, 0.15) is 58.1 Å². The van der Waals surface area contributed by atoms with E-state index in [-0.39, 0.29) is 23.9 Å². The van der Waals surface area contributed by atoms with E-state index in [1.165, 1.54) is 12.5 Å². The van der Waals surface area contributed by atoms with Gasteiger partial charge in [-0.15, -0.1) is 6.58 Å². The van der Waals surface area contributed by atoms with E-state index >= 15 is 0 Å². The summed E-state index contributed by atoms with van der Waals surface area (Å²) in [7, 11) is 0. The molecule has 1 aliphatic heterocycles. The van der Waals surface area contributed by atoms with Crippen LogP contribution in [-0.2, 0) is 17.6 Å². The number of carbonyl (C=O) groups is 1. The Balaban J connectivity index is 1.64. The van der Waals surface area contributed by atoms with E-state index in [0.717, 1.165) is 18.4 Å². The maximum absolute atomic E-state index is 11.4. The van der Waals surface area contributed by atoms with Crippen LogP contribution in [0.25, 0.3) is 0 Å². The van der Waals surface area contributed by atoms with E-state index in [1.54, 1.807) is 6.08 Å². The van der Waals surface area contributed by atoms with Crippen molar-refractivity contribution >= 4 is 5.91 Å². The number of aromatic nitrogens is 1. The predicted octanol–water partition coefficient (Wildman–Crippen LogP) is 1.90. The van der Waals surface area contributed by atoms with Gasteiger partial charge in [0, 0.05) is 25.2 Å². The first-order valence-electron chi connectivity index (χ1n) is 11.2. The van der Waals surface area contributed by atoms with E-state index in [0.29, 0.717) is 25.1 Å². The summed E-state index contributed by atoms with van der Waals surface area (Å²) >= 11 is 0. The minimum atomic E-state index is -0.773. The molecule has 1 aromatic rings. The monoisotopic (exact) mass is 431 g/mol. The van der Waals surface area contributed by atoms with Crippen LogP contribution in [0.5, 0.6) is 5.88 Å². The fourth-order valence-electron chi connectivity index (χ4n) is 4.68. The number of ether oxygens (including phenoxy) is 1. The Kier molecular flexibility index (Phi) is 7.08. The number of aryl methyl sites for hydroxylation is 1. The number of aliphatic hydroxyl groups is 2. The molecule has 2 aliphatic rings. The summed E-state index contributed by atoms with van der Waals surface area (Å²) < 4.78 is 6.28. The number of amides is 1. The first-order chi connectivity index (χ1) is 14.5. The molecule has 0 aromatic carbocycles. The number of fused-ring (bicyclic) bond motifs is 1. The molecular weight excluding hydrogens is 394 g/mol. The zero-order chi connectivity index (χ0) is 22.8. The molecule has 172 valence electrons. The molecule has 7 heteroatoms. The van der Waals surface area contributed by atoms with Crippen LogP contribution >= 0.6 is 0 Å².